The maximum absolute atomic E-state index is 12.0. The number of nitrogens with zero attached hydrogens (tertiary/aromatic N) is 2. The van der Waals surface area contributed by atoms with E-state index in [1.807, 2.05) is 15.9 Å². The van der Waals surface area contributed by atoms with Gasteiger partial charge in [0, 0.05) is 25.3 Å². The van der Waals surface area contributed by atoms with Gasteiger partial charge in [-0.15, -0.1) is 0 Å². The first-order valence-corrected chi connectivity index (χ1v) is 6.54. The molecule has 0 saturated carbocycles. The molecule has 0 spiro atoms. The molecule has 5 nitrogen and oxygen atoms in total. The summed E-state index contributed by atoms with van der Waals surface area (Å²) in [7, 11) is 0. The van der Waals surface area contributed by atoms with Crippen molar-refractivity contribution >= 4 is 17.6 Å². The molecule has 2 aliphatic heterocycles. The molecule has 2 heterocycles. The third-order valence-electron chi connectivity index (χ3n) is 3.86. The van der Waals surface area contributed by atoms with Crippen LogP contribution in [0.25, 0.3) is 0 Å². The second-order valence-electron chi connectivity index (χ2n) is 5.05. The number of carboxylic acid groups (broad SMARTS) is 1. The van der Waals surface area contributed by atoms with Crippen LogP contribution in [-0.2, 0) is 11.2 Å². The Bertz CT molecular complexity index is 537. The van der Waals surface area contributed by atoms with Gasteiger partial charge in [-0.3, -0.25) is 4.79 Å². The highest BCUT2D eigenvalue weighted by molar-refractivity contribution is 5.90. The number of fused-ring (bicyclic) bond motifs is 1. The number of aromatic carboxylic acids is 1. The molecule has 1 N–H and O–H groups in total. The number of likely N-dealkylation sites (tertiary alicyclic amines) is 1. The van der Waals surface area contributed by atoms with E-state index in [-0.39, 0.29) is 11.5 Å². The minimum absolute atomic E-state index is 0.139. The predicted octanol–water partition coefficient (Wildman–Crippen LogP) is 0.980. The van der Waals surface area contributed by atoms with Crippen LogP contribution in [-0.4, -0.2) is 48.1 Å². The molecular weight excluding hydrogens is 244 g/mol. The first-order chi connectivity index (χ1) is 9.15. The second kappa shape index (κ2) is 4.57. The molecule has 1 amide bonds. The Labute approximate surface area is 111 Å². The van der Waals surface area contributed by atoms with Crippen molar-refractivity contribution in [3.8, 4) is 0 Å². The van der Waals surface area contributed by atoms with Crippen molar-refractivity contribution < 1.29 is 14.7 Å². The summed E-state index contributed by atoms with van der Waals surface area (Å²) in [4.78, 5) is 26.8. The number of carbonyl (C=O) groups excluding carboxylic acids is 1. The smallest absolute Gasteiger partial charge is 0.335 e. The predicted molar refractivity (Wildman–Crippen MR) is 70.5 cm³/mol. The summed E-state index contributed by atoms with van der Waals surface area (Å²) in [5, 5.41) is 9.03. The minimum Gasteiger partial charge on any atom is -0.478 e. The Morgan fingerprint density at radius 3 is 2.63 bits per heavy atom. The summed E-state index contributed by atoms with van der Waals surface area (Å²) in [6.45, 7) is 2.86. The van der Waals surface area contributed by atoms with E-state index in [1.165, 1.54) is 0 Å². The first kappa shape index (κ1) is 12.0. The fourth-order valence-electron chi connectivity index (χ4n) is 2.57. The lowest BCUT2D eigenvalue weighted by Crippen LogP contribution is -2.47. The molecule has 1 saturated heterocycles. The van der Waals surface area contributed by atoms with Gasteiger partial charge >= 0.3 is 5.97 Å². The number of rotatable bonds is 3. The SMILES string of the molecule is O=C(O)c1ccc2c(c1)N(CC(=O)N1CCC1)CC2. The van der Waals surface area contributed by atoms with Crippen molar-refractivity contribution in [1.82, 2.24) is 4.90 Å². The molecule has 0 bridgehead atoms. The van der Waals surface area contributed by atoms with Gasteiger partial charge in [0.15, 0.2) is 0 Å². The molecule has 0 radical (unpaired) electrons. The van der Waals surface area contributed by atoms with Gasteiger partial charge in [-0.05, 0) is 30.5 Å². The number of carboxylic acids is 1. The van der Waals surface area contributed by atoms with Crippen LogP contribution >= 0.6 is 0 Å². The fourth-order valence-corrected chi connectivity index (χ4v) is 2.57. The Hall–Kier alpha value is -2.04. The number of amides is 1. The minimum atomic E-state index is -0.927. The average Bonchev–Trinajstić information content (AvgIpc) is 2.69. The van der Waals surface area contributed by atoms with Crippen molar-refractivity contribution in [2.45, 2.75) is 12.8 Å². The van der Waals surface area contributed by atoms with E-state index in [9.17, 15) is 9.59 Å². The van der Waals surface area contributed by atoms with Crippen molar-refractivity contribution in [2.24, 2.45) is 0 Å². The summed E-state index contributed by atoms with van der Waals surface area (Å²) in [5.41, 5.74) is 2.30. The third kappa shape index (κ3) is 2.16. The van der Waals surface area contributed by atoms with Gasteiger partial charge in [0.25, 0.3) is 0 Å². The Morgan fingerprint density at radius 1 is 1.21 bits per heavy atom. The van der Waals surface area contributed by atoms with E-state index in [1.54, 1.807) is 12.1 Å². The van der Waals surface area contributed by atoms with Gasteiger partial charge < -0.3 is 14.9 Å². The molecule has 1 aromatic rings. The molecule has 0 atom stereocenters. The van der Waals surface area contributed by atoms with Gasteiger partial charge in [0.05, 0.1) is 12.1 Å². The van der Waals surface area contributed by atoms with Crippen LogP contribution in [0, 0.1) is 0 Å². The van der Waals surface area contributed by atoms with Crippen LogP contribution in [0.4, 0.5) is 5.69 Å². The summed E-state index contributed by atoms with van der Waals surface area (Å²) in [5.74, 6) is -0.788. The van der Waals surface area contributed by atoms with Gasteiger partial charge in [0.2, 0.25) is 5.91 Å². The Balaban J connectivity index is 1.78. The van der Waals surface area contributed by atoms with Gasteiger partial charge in [-0.2, -0.15) is 0 Å². The zero-order chi connectivity index (χ0) is 13.4. The van der Waals surface area contributed by atoms with Crippen molar-refractivity contribution in [1.29, 1.82) is 0 Å². The van der Waals surface area contributed by atoms with Gasteiger partial charge in [-0.25, -0.2) is 4.79 Å². The Morgan fingerprint density at radius 2 is 2.00 bits per heavy atom. The monoisotopic (exact) mass is 260 g/mol. The summed E-state index contributed by atoms with van der Waals surface area (Å²) in [6.07, 6.45) is 1.97. The molecule has 0 aliphatic carbocycles. The lowest BCUT2D eigenvalue weighted by atomic mass is 10.1. The maximum Gasteiger partial charge on any atom is 0.335 e. The number of carbonyl (C=O) groups is 2. The molecule has 3 rings (SSSR count). The second-order valence-corrected chi connectivity index (χ2v) is 5.05. The number of benzene rings is 1. The molecule has 1 aromatic carbocycles. The van der Waals surface area contributed by atoms with Gasteiger partial charge in [0.1, 0.15) is 0 Å². The van der Waals surface area contributed by atoms with Crippen LogP contribution in [0.1, 0.15) is 22.3 Å². The lowest BCUT2D eigenvalue weighted by Gasteiger charge is -2.33. The molecule has 5 heteroatoms. The Kier molecular flexibility index (Phi) is 2.89. The average molecular weight is 260 g/mol. The molecule has 19 heavy (non-hydrogen) atoms. The summed E-state index contributed by atoms with van der Waals surface area (Å²) >= 11 is 0. The van der Waals surface area contributed by atoms with E-state index in [4.69, 9.17) is 5.11 Å². The zero-order valence-electron chi connectivity index (χ0n) is 10.6. The largest absolute Gasteiger partial charge is 0.478 e. The van der Waals surface area contributed by atoms with E-state index in [0.717, 1.165) is 43.7 Å². The number of hydrogen-bond acceptors (Lipinski definition) is 3. The topological polar surface area (TPSA) is 60.9 Å². The summed E-state index contributed by atoms with van der Waals surface area (Å²) in [6, 6.07) is 5.16. The quantitative estimate of drug-likeness (QED) is 0.880. The van der Waals surface area contributed by atoms with Crippen molar-refractivity contribution in [3.05, 3.63) is 29.3 Å². The maximum atomic E-state index is 12.0. The lowest BCUT2D eigenvalue weighted by molar-refractivity contribution is -0.133. The molecule has 100 valence electrons. The van der Waals surface area contributed by atoms with E-state index in [0.29, 0.717) is 6.54 Å². The van der Waals surface area contributed by atoms with Crippen LogP contribution < -0.4 is 4.90 Å². The molecule has 1 fully saturated rings. The summed E-state index contributed by atoms with van der Waals surface area (Å²) < 4.78 is 0. The number of hydrogen-bond donors (Lipinski definition) is 1. The standard InChI is InChI=1S/C14H16N2O3/c17-13(15-5-1-6-15)9-16-7-4-10-2-3-11(14(18)19)8-12(10)16/h2-3,8H,1,4-7,9H2,(H,18,19). The van der Waals surface area contributed by atoms with Crippen LogP contribution in [0.3, 0.4) is 0 Å². The number of anilines is 1. The van der Waals surface area contributed by atoms with E-state index >= 15 is 0 Å². The van der Waals surface area contributed by atoms with E-state index < -0.39 is 5.97 Å². The third-order valence-corrected chi connectivity index (χ3v) is 3.86. The highest BCUT2D eigenvalue weighted by atomic mass is 16.4. The highest BCUT2D eigenvalue weighted by Gasteiger charge is 2.26. The van der Waals surface area contributed by atoms with Crippen molar-refractivity contribution in [3.63, 3.8) is 0 Å². The molecule has 2 aliphatic rings. The highest BCUT2D eigenvalue weighted by Crippen LogP contribution is 2.29. The van der Waals surface area contributed by atoms with Crippen LogP contribution in [0.5, 0.6) is 0 Å². The molecule has 0 unspecified atom stereocenters. The van der Waals surface area contributed by atoms with E-state index in [2.05, 4.69) is 0 Å². The molecule has 0 aromatic heterocycles. The molecular formula is C14H16N2O3. The van der Waals surface area contributed by atoms with Crippen LogP contribution in [0.15, 0.2) is 18.2 Å². The normalized spacial score (nSPS) is 17.1. The zero-order valence-corrected chi connectivity index (χ0v) is 10.6. The van der Waals surface area contributed by atoms with Crippen molar-refractivity contribution in [2.75, 3.05) is 31.1 Å². The fraction of sp³-hybridized carbons (Fsp3) is 0.429. The van der Waals surface area contributed by atoms with Crippen LogP contribution in [0.2, 0.25) is 0 Å². The first-order valence-electron chi connectivity index (χ1n) is 6.54. The van der Waals surface area contributed by atoms with Gasteiger partial charge in [-0.1, -0.05) is 6.07 Å².